The van der Waals surface area contributed by atoms with E-state index in [9.17, 15) is 4.79 Å². The number of nitrogens with zero attached hydrogens (tertiary/aromatic N) is 1. The van der Waals surface area contributed by atoms with Crippen molar-refractivity contribution < 1.29 is 9.90 Å². The minimum absolute atomic E-state index is 0.386. The highest BCUT2D eigenvalue weighted by Gasteiger charge is 2.24. The zero-order valence-electron chi connectivity index (χ0n) is 10.8. The van der Waals surface area contributed by atoms with Crippen molar-refractivity contribution >= 4 is 17.3 Å². The number of nitrogens with one attached hydrogen (secondary N) is 1. The molecule has 18 heavy (non-hydrogen) atoms. The monoisotopic (exact) mass is 268 g/mol. The van der Waals surface area contributed by atoms with Crippen LogP contribution in [0.2, 0.25) is 0 Å². The van der Waals surface area contributed by atoms with Gasteiger partial charge < -0.3 is 5.11 Å². The zero-order valence-corrected chi connectivity index (χ0v) is 11.7. The number of carbonyl (C=O) groups is 1. The van der Waals surface area contributed by atoms with Gasteiger partial charge >= 0.3 is 5.97 Å². The van der Waals surface area contributed by atoms with Crippen molar-refractivity contribution in [2.24, 2.45) is 0 Å². The van der Waals surface area contributed by atoms with E-state index in [0.717, 1.165) is 4.88 Å². The van der Waals surface area contributed by atoms with Gasteiger partial charge in [-0.3, -0.25) is 0 Å². The summed E-state index contributed by atoms with van der Waals surface area (Å²) >= 11 is 1.50. The fraction of sp³-hybridized carbons (Fsp3) is 0.615. The van der Waals surface area contributed by atoms with Gasteiger partial charge in [-0.2, -0.15) is 0 Å². The van der Waals surface area contributed by atoms with Crippen molar-refractivity contribution in [3.63, 3.8) is 0 Å². The summed E-state index contributed by atoms with van der Waals surface area (Å²) in [4.78, 5) is 11.9. The predicted octanol–water partition coefficient (Wildman–Crippen LogP) is 2.71. The van der Waals surface area contributed by atoms with Crippen molar-refractivity contribution in [3.05, 3.63) is 21.9 Å². The second-order valence-corrected chi connectivity index (χ2v) is 5.97. The molecule has 100 valence electrons. The summed E-state index contributed by atoms with van der Waals surface area (Å²) in [6, 6.07) is 2.85. The Balaban J connectivity index is 1.91. The van der Waals surface area contributed by atoms with Crippen molar-refractivity contribution in [3.8, 4) is 0 Å². The van der Waals surface area contributed by atoms with Gasteiger partial charge in [0.25, 0.3) is 0 Å². The highest BCUT2D eigenvalue weighted by Crippen LogP contribution is 2.21. The van der Waals surface area contributed by atoms with Crippen molar-refractivity contribution in [1.82, 2.24) is 10.4 Å². The Morgan fingerprint density at radius 1 is 1.50 bits per heavy atom. The van der Waals surface area contributed by atoms with Crippen molar-refractivity contribution in [1.29, 1.82) is 0 Å². The van der Waals surface area contributed by atoms with E-state index in [4.69, 9.17) is 5.11 Å². The van der Waals surface area contributed by atoms with E-state index in [0.29, 0.717) is 24.2 Å². The quantitative estimate of drug-likeness (QED) is 0.881. The van der Waals surface area contributed by atoms with Crippen LogP contribution in [-0.2, 0) is 6.54 Å². The van der Waals surface area contributed by atoms with Crippen LogP contribution in [-0.4, -0.2) is 28.2 Å². The number of rotatable bonds is 4. The Bertz CT molecular complexity index is 409. The van der Waals surface area contributed by atoms with Gasteiger partial charge in [-0.05, 0) is 32.8 Å². The highest BCUT2D eigenvalue weighted by atomic mass is 32.1. The second kappa shape index (κ2) is 5.82. The molecule has 1 aliphatic heterocycles. The Morgan fingerprint density at radius 2 is 2.17 bits per heavy atom. The molecule has 0 aliphatic carbocycles. The normalized spacial score (nSPS) is 25.2. The zero-order chi connectivity index (χ0) is 13.1. The highest BCUT2D eigenvalue weighted by molar-refractivity contribution is 7.10. The van der Waals surface area contributed by atoms with Gasteiger partial charge in [0, 0.05) is 28.9 Å². The van der Waals surface area contributed by atoms with Crippen LogP contribution in [0.4, 0.5) is 0 Å². The first-order valence-electron chi connectivity index (χ1n) is 6.40. The minimum atomic E-state index is -0.850. The molecule has 0 aromatic carbocycles. The molecule has 2 atom stereocenters. The van der Waals surface area contributed by atoms with Crippen LogP contribution < -0.4 is 5.43 Å². The molecule has 2 rings (SSSR count). The summed E-state index contributed by atoms with van der Waals surface area (Å²) in [5.74, 6) is -0.850. The molecule has 0 amide bonds. The summed E-state index contributed by atoms with van der Waals surface area (Å²) in [6.45, 7) is 5.19. The molecule has 0 radical (unpaired) electrons. The van der Waals surface area contributed by atoms with Gasteiger partial charge in [-0.15, -0.1) is 11.3 Å². The second-order valence-electron chi connectivity index (χ2n) is 4.98. The molecule has 0 saturated carbocycles. The molecule has 1 aliphatic rings. The molecule has 0 spiro atoms. The summed E-state index contributed by atoms with van der Waals surface area (Å²) < 4.78 is 0. The first-order chi connectivity index (χ1) is 8.58. The number of hydrogen-bond donors (Lipinski definition) is 2. The Kier molecular flexibility index (Phi) is 4.37. The molecule has 1 aromatic heterocycles. The molecule has 1 aromatic rings. The van der Waals surface area contributed by atoms with Gasteiger partial charge in [0.1, 0.15) is 0 Å². The lowest BCUT2D eigenvalue weighted by atomic mass is 10.00. The third-order valence-electron chi connectivity index (χ3n) is 3.53. The van der Waals surface area contributed by atoms with E-state index in [1.54, 1.807) is 11.4 Å². The molecule has 2 heterocycles. The van der Waals surface area contributed by atoms with Crippen LogP contribution >= 0.6 is 11.3 Å². The van der Waals surface area contributed by atoms with Crippen LogP contribution in [0, 0.1) is 0 Å². The van der Waals surface area contributed by atoms with E-state index in [2.05, 4.69) is 24.3 Å². The van der Waals surface area contributed by atoms with Gasteiger partial charge in [-0.25, -0.2) is 15.2 Å². The average molecular weight is 268 g/mol. The molecule has 2 N–H and O–H groups in total. The molecule has 1 saturated heterocycles. The first kappa shape index (κ1) is 13.5. The number of carboxylic acids is 1. The van der Waals surface area contributed by atoms with Gasteiger partial charge in [0.15, 0.2) is 0 Å². The third-order valence-corrected chi connectivity index (χ3v) is 4.47. The maximum atomic E-state index is 10.8. The van der Waals surface area contributed by atoms with Crippen LogP contribution in [0.25, 0.3) is 0 Å². The van der Waals surface area contributed by atoms with Crippen molar-refractivity contribution in [2.45, 2.75) is 51.7 Å². The first-order valence-corrected chi connectivity index (χ1v) is 7.28. The number of hydrazine groups is 1. The lowest BCUT2D eigenvalue weighted by Crippen LogP contribution is -2.51. The Hall–Kier alpha value is -0.910. The molecular formula is C13H20N2O2S. The van der Waals surface area contributed by atoms with Gasteiger partial charge in [-0.1, -0.05) is 6.42 Å². The van der Waals surface area contributed by atoms with E-state index in [-0.39, 0.29) is 0 Å². The average Bonchev–Trinajstić information content (AvgIpc) is 2.77. The SMILES string of the molecule is CC1CCCC(C)N1NCc1cc(C(=O)O)cs1. The van der Waals surface area contributed by atoms with Crippen LogP contribution in [0.3, 0.4) is 0 Å². The van der Waals surface area contributed by atoms with Crippen LogP contribution in [0.5, 0.6) is 0 Å². The molecule has 1 fully saturated rings. The third kappa shape index (κ3) is 3.10. The largest absolute Gasteiger partial charge is 0.478 e. The summed E-state index contributed by atoms with van der Waals surface area (Å²) in [5.41, 5.74) is 3.83. The lowest BCUT2D eigenvalue weighted by Gasteiger charge is -2.39. The fourth-order valence-electron chi connectivity index (χ4n) is 2.49. The molecule has 0 bridgehead atoms. The Morgan fingerprint density at radius 3 is 2.72 bits per heavy atom. The smallest absolute Gasteiger partial charge is 0.336 e. The van der Waals surface area contributed by atoms with E-state index < -0.39 is 5.97 Å². The summed E-state index contributed by atoms with van der Waals surface area (Å²) in [5, 5.41) is 12.9. The van der Waals surface area contributed by atoms with Gasteiger partial charge in [0.05, 0.1) is 5.56 Å². The predicted molar refractivity (Wildman–Crippen MR) is 72.7 cm³/mol. The molecule has 2 unspecified atom stereocenters. The number of hydrogen-bond acceptors (Lipinski definition) is 4. The number of carboxylic acid groups (broad SMARTS) is 1. The molecule has 4 nitrogen and oxygen atoms in total. The van der Waals surface area contributed by atoms with Crippen LogP contribution in [0.15, 0.2) is 11.4 Å². The lowest BCUT2D eigenvalue weighted by molar-refractivity contribution is 0.0439. The van der Waals surface area contributed by atoms with Gasteiger partial charge in [0.2, 0.25) is 0 Å². The Labute approximate surface area is 112 Å². The number of thiophene rings is 1. The maximum absolute atomic E-state index is 10.8. The summed E-state index contributed by atoms with van der Waals surface area (Å²) in [7, 11) is 0. The van der Waals surface area contributed by atoms with E-state index in [1.807, 2.05) is 0 Å². The fourth-order valence-corrected chi connectivity index (χ4v) is 3.28. The van der Waals surface area contributed by atoms with E-state index in [1.165, 1.54) is 30.6 Å². The molecule has 5 heteroatoms. The van der Waals surface area contributed by atoms with Crippen molar-refractivity contribution in [2.75, 3.05) is 0 Å². The summed E-state index contributed by atoms with van der Waals surface area (Å²) in [6.07, 6.45) is 3.74. The molecular weight excluding hydrogens is 248 g/mol. The number of aromatic carboxylic acids is 1. The van der Waals surface area contributed by atoms with E-state index >= 15 is 0 Å². The number of piperidine rings is 1. The standard InChI is InChI=1S/C13H20N2O2S/c1-9-4-3-5-10(2)15(9)14-7-12-6-11(8-18-12)13(16)17/h6,8-10,14H,3-5,7H2,1-2H3,(H,16,17). The van der Waals surface area contributed by atoms with Crippen LogP contribution in [0.1, 0.15) is 48.3 Å². The maximum Gasteiger partial charge on any atom is 0.336 e. The minimum Gasteiger partial charge on any atom is -0.478 e. The topological polar surface area (TPSA) is 52.6 Å².